The number of hydrogen-bond donors (Lipinski definition) is 3. The van der Waals surface area contributed by atoms with Crippen LogP contribution in [0.2, 0.25) is 0 Å². The fourth-order valence-electron chi connectivity index (χ4n) is 4.56. The number of nitrogens with one attached hydrogen (secondary N) is 2. The van der Waals surface area contributed by atoms with Gasteiger partial charge >= 0.3 is 0 Å². The van der Waals surface area contributed by atoms with Gasteiger partial charge in [-0.2, -0.15) is 0 Å². The van der Waals surface area contributed by atoms with Gasteiger partial charge in [0.2, 0.25) is 10.0 Å². The zero-order valence-corrected chi connectivity index (χ0v) is 20.0. The first-order valence-corrected chi connectivity index (χ1v) is 13.0. The molecule has 0 radical (unpaired) electrons. The summed E-state index contributed by atoms with van der Waals surface area (Å²) in [5.41, 5.74) is 9.80. The molecule has 0 saturated carbocycles. The maximum absolute atomic E-state index is 13.1. The lowest BCUT2D eigenvalue weighted by Crippen LogP contribution is -2.39. The van der Waals surface area contributed by atoms with Crippen molar-refractivity contribution in [2.75, 3.05) is 23.1 Å². The molecule has 1 saturated heterocycles. The minimum atomic E-state index is -3.47. The number of benzene rings is 2. The normalized spacial score (nSPS) is 19.4. The van der Waals surface area contributed by atoms with Gasteiger partial charge in [-0.1, -0.05) is 24.3 Å². The molecular weight excluding hydrogens is 436 g/mol. The Balaban J connectivity index is 1.65. The largest absolute Gasteiger partial charge is 0.490 e. The molecule has 176 valence electrons. The van der Waals surface area contributed by atoms with E-state index in [0.717, 1.165) is 54.1 Å². The standard InChI is InChI=1S/C25H32N4O3S/c1-3-33(30,31)29-23-8-7-22(32-21-9-11-28-12-10-21)15-20(23)16-24(29)17(2)13-18-5-4-6-19(14-18)25(26)27/h4-8,13-15,21,24,28H,3,9-12,16H2,1-2H3,(H3,26,27)/b17-13+. The van der Waals surface area contributed by atoms with Gasteiger partial charge in [-0.3, -0.25) is 9.71 Å². The van der Waals surface area contributed by atoms with E-state index in [1.165, 1.54) is 0 Å². The van der Waals surface area contributed by atoms with Gasteiger partial charge in [-0.15, -0.1) is 0 Å². The van der Waals surface area contributed by atoms with Crippen molar-refractivity contribution in [1.29, 1.82) is 5.41 Å². The molecule has 1 unspecified atom stereocenters. The van der Waals surface area contributed by atoms with Crippen molar-refractivity contribution in [2.45, 2.75) is 45.3 Å². The van der Waals surface area contributed by atoms with Gasteiger partial charge in [0.25, 0.3) is 0 Å². The maximum Gasteiger partial charge on any atom is 0.235 e. The average Bonchev–Trinajstić information content (AvgIpc) is 3.20. The Bertz CT molecular complexity index is 1170. The second kappa shape index (κ2) is 9.57. The Labute approximate surface area is 196 Å². The topological polar surface area (TPSA) is 109 Å². The first-order valence-electron chi connectivity index (χ1n) is 11.4. The SMILES string of the molecule is CCS(=O)(=O)N1c2ccc(OC3CCNCC3)cc2CC1/C(C)=C/c1cccc(C(=N)N)c1. The summed E-state index contributed by atoms with van der Waals surface area (Å²) in [6.07, 6.45) is 4.70. The van der Waals surface area contributed by atoms with E-state index < -0.39 is 10.0 Å². The number of fused-ring (bicyclic) bond motifs is 1. The molecule has 8 heteroatoms. The average molecular weight is 469 g/mol. The molecule has 2 aliphatic heterocycles. The number of nitrogens with zero attached hydrogens (tertiary/aromatic N) is 1. The van der Waals surface area contributed by atoms with Crippen LogP contribution in [0.4, 0.5) is 5.69 Å². The lowest BCUT2D eigenvalue weighted by molar-refractivity contribution is 0.162. The van der Waals surface area contributed by atoms with Crippen LogP contribution in [-0.2, 0) is 16.4 Å². The van der Waals surface area contributed by atoms with Crippen molar-refractivity contribution < 1.29 is 13.2 Å². The van der Waals surface area contributed by atoms with Gasteiger partial charge in [-0.25, -0.2) is 8.42 Å². The number of amidine groups is 1. The molecule has 4 N–H and O–H groups in total. The van der Waals surface area contributed by atoms with Gasteiger partial charge in [0.05, 0.1) is 17.5 Å². The summed E-state index contributed by atoms with van der Waals surface area (Å²) < 4.78 is 34.0. The van der Waals surface area contributed by atoms with Crippen molar-refractivity contribution in [3.63, 3.8) is 0 Å². The van der Waals surface area contributed by atoms with E-state index in [2.05, 4.69) is 5.32 Å². The molecular formula is C25H32N4O3S. The first-order chi connectivity index (χ1) is 15.8. The molecule has 1 atom stereocenters. The fraction of sp³-hybridized carbons (Fsp3) is 0.400. The summed E-state index contributed by atoms with van der Waals surface area (Å²) in [6.45, 7) is 5.54. The minimum absolute atomic E-state index is 0.00707. The minimum Gasteiger partial charge on any atom is -0.490 e. The van der Waals surface area contributed by atoms with E-state index in [-0.39, 0.29) is 23.7 Å². The third kappa shape index (κ3) is 5.07. The van der Waals surface area contributed by atoms with E-state index in [9.17, 15) is 8.42 Å². The van der Waals surface area contributed by atoms with Crippen LogP contribution in [-0.4, -0.2) is 45.2 Å². The highest BCUT2D eigenvalue weighted by molar-refractivity contribution is 7.92. The van der Waals surface area contributed by atoms with E-state index in [0.29, 0.717) is 12.0 Å². The second-order valence-corrected chi connectivity index (χ2v) is 10.8. The fourth-order valence-corrected chi connectivity index (χ4v) is 5.95. The van der Waals surface area contributed by atoms with Crippen LogP contribution in [0.1, 0.15) is 43.4 Å². The monoisotopic (exact) mass is 468 g/mol. The van der Waals surface area contributed by atoms with Gasteiger partial charge < -0.3 is 15.8 Å². The van der Waals surface area contributed by atoms with E-state index in [4.69, 9.17) is 15.9 Å². The van der Waals surface area contributed by atoms with Crippen LogP contribution in [0.15, 0.2) is 48.0 Å². The highest BCUT2D eigenvalue weighted by Crippen LogP contribution is 2.40. The third-order valence-corrected chi connectivity index (χ3v) is 8.14. The molecule has 0 spiro atoms. The number of sulfonamides is 1. The smallest absolute Gasteiger partial charge is 0.235 e. The van der Waals surface area contributed by atoms with Gasteiger partial charge in [0.1, 0.15) is 17.7 Å². The predicted octanol–water partition coefficient (Wildman–Crippen LogP) is 3.29. The lowest BCUT2D eigenvalue weighted by atomic mass is 10.0. The molecule has 0 aliphatic carbocycles. The highest BCUT2D eigenvalue weighted by atomic mass is 32.2. The van der Waals surface area contributed by atoms with Gasteiger partial charge in [0, 0.05) is 5.56 Å². The summed E-state index contributed by atoms with van der Waals surface area (Å²) in [7, 11) is -3.47. The van der Waals surface area contributed by atoms with Crippen molar-refractivity contribution in [1.82, 2.24) is 5.32 Å². The van der Waals surface area contributed by atoms with Crippen LogP contribution in [0.5, 0.6) is 5.75 Å². The van der Waals surface area contributed by atoms with Gasteiger partial charge in [-0.05, 0) is 87.2 Å². The number of anilines is 1. The lowest BCUT2D eigenvalue weighted by Gasteiger charge is -2.27. The second-order valence-electron chi connectivity index (χ2n) is 8.70. The third-order valence-electron chi connectivity index (χ3n) is 6.36. The number of rotatable bonds is 7. The molecule has 0 aromatic heterocycles. The maximum atomic E-state index is 13.1. The Morgan fingerprint density at radius 1 is 1.24 bits per heavy atom. The summed E-state index contributed by atoms with van der Waals surface area (Å²) in [4.78, 5) is 0. The van der Waals surface area contributed by atoms with Crippen LogP contribution >= 0.6 is 0 Å². The quantitative estimate of drug-likeness (QED) is 0.427. The number of nitrogen functional groups attached to an aromatic ring is 1. The Morgan fingerprint density at radius 3 is 2.70 bits per heavy atom. The predicted molar refractivity (Wildman–Crippen MR) is 134 cm³/mol. The Morgan fingerprint density at radius 2 is 2.00 bits per heavy atom. The van der Waals surface area contributed by atoms with Crippen LogP contribution < -0.4 is 20.1 Å². The van der Waals surface area contributed by atoms with Crippen molar-refractivity contribution in [3.05, 3.63) is 64.7 Å². The summed E-state index contributed by atoms with van der Waals surface area (Å²) in [5.74, 6) is 0.835. The molecule has 2 aromatic carbocycles. The molecule has 2 aromatic rings. The van der Waals surface area contributed by atoms with Crippen LogP contribution in [0.3, 0.4) is 0 Å². The van der Waals surface area contributed by atoms with E-state index in [1.807, 2.05) is 49.4 Å². The van der Waals surface area contributed by atoms with Crippen molar-refractivity contribution in [2.24, 2.45) is 5.73 Å². The molecule has 4 rings (SSSR count). The van der Waals surface area contributed by atoms with Crippen LogP contribution in [0, 0.1) is 5.41 Å². The van der Waals surface area contributed by atoms with E-state index >= 15 is 0 Å². The molecule has 7 nitrogen and oxygen atoms in total. The number of hydrogen-bond acceptors (Lipinski definition) is 5. The first kappa shape index (κ1) is 23.3. The summed E-state index contributed by atoms with van der Waals surface area (Å²) >= 11 is 0. The zero-order chi connectivity index (χ0) is 23.6. The zero-order valence-electron chi connectivity index (χ0n) is 19.2. The Kier molecular flexibility index (Phi) is 6.76. The van der Waals surface area contributed by atoms with Gasteiger partial charge in [0.15, 0.2) is 0 Å². The van der Waals surface area contributed by atoms with Crippen LogP contribution in [0.25, 0.3) is 6.08 Å². The molecule has 1 fully saturated rings. The highest BCUT2D eigenvalue weighted by Gasteiger charge is 2.37. The number of piperidine rings is 1. The van der Waals surface area contributed by atoms with E-state index in [1.54, 1.807) is 17.3 Å². The molecule has 0 bridgehead atoms. The summed E-state index contributed by atoms with van der Waals surface area (Å²) in [6, 6.07) is 12.9. The molecule has 2 heterocycles. The summed E-state index contributed by atoms with van der Waals surface area (Å²) in [5, 5.41) is 11.0. The number of nitrogens with two attached hydrogens (primary N) is 1. The number of ether oxygens (including phenoxy) is 1. The Hall–Kier alpha value is -2.84. The van der Waals surface area contributed by atoms with Crippen molar-refractivity contribution >= 4 is 27.6 Å². The molecule has 0 amide bonds. The molecule has 2 aliphatic rings. The molecule has 33 heavy (non-hydrogen) atoms. The van der Waals surface area contributed by atoms with Crippen molar-refractivity contribution in [3.8, 4) is 5.75 Å².